The second kappa shape index (κ2) is 6.62. The molecule has 0 spiro atoms. The van der Waals surface area contributed by atoms with E-state index in [0.29, 0.717) is 4.75 Å². The lowest BCUT2D eigenvalue weighted by Crippen LogP contribution is -2.47. The van der Waals surface area contributed by atoms with E-state index in [0.717, 1.165) is 25.9 Å². The van der Waals surface area contributed by atoms with Crippen molar-refractivity contribution in [2.45, 2.75) is 74.6 Å². The topological polar surface area (TPSA) is 32.3 Å². The summed E-state index contributed by atoms with van der Waals surface area (Å²) >= 11 is 2.03. The van der Waals surface area contributed by atoms with Crippen LogP contribution >= 0.6 is 11.8 Å². The molecule has 106 valence electrons. The van der Waals surface area contributed by atoms with Gasteiger partial charge in [-0.3, -0.25) is 0 Å². The molecular weight excluding hydrogens is 242 g/mol. The first-order valence-electron chi connectivity index (χ1n) is 7.66. The van der Waals surface area contributed by atoms with Crippen molar-refractivity contribution < 1.29 is 5.11 Å². The van der Waals surface area contributed by atoms with Crippen molar-refractivity contribution in [3.05, 3.63) is 0 Å². The van der Waals surface area contributed by atoms with Crippen LogP contribution in [0.25, 0.3) is 0 Å². The fraction of sp³-hybridized carbons (Fsp3) is 1.00. The quantitative estimate of drug-likeness (QED) is 0.804. The number of aliphatic hydroxyl groups is 1. The molecule has 2 rings (SSSR count). The lowest BCUT2D eigenvalue weighted by Gasteiger charge is -2.38. The maximum Gasteiger partial charge on any atom is 0.0771 e. The van der Waals surface area contributed by atoms with Gasteiger partial charge in [0.1, 0.15) is 0 Å². The van der Waals surface area contributed by atoms with Crippen molar-refractivity contribution in [1.82, 2.24) is 5.32 Å². The Labute approximate surface area is 116 Å². The van der Waals surface area contributed by atoms with E-state index in [2.05, 4.69) is 11.6 Å². The molecule has 0 aromatic carbocycles. The summed E-state index contributed by atoms with van der Waals surface area (Å²) in [5, 5.41) is 14.1. The van der Waals surface area contributed by atoms with Crippen LogP contribution in [0, 0.1) is 0 Å². The number of hydrogen-bond donors (Lipinski definition) is 2. The molecule has 2 nitrogen and oxygen atoms in total. The van der Waals surface area contributed by atoms with Gasteiger partial charge in [-0.15, -0.1) is 0 Å². The van der Waals surface area contributed by atoms with Gasteiger partial charge in [-0.05, 0) is 31.9 Å². The summed E-state index contributed by atoms with van der Waals surface area (Å²) in [5.74, 6) is 0. The molecule has 0 radical (unpaired) electrons. The molecule has 0 aromatic heterocycles. The molecule has 2 aliphatic carbocycles. The zero-order valence-corrected chi connectivity index (χ0v) is 12.7. The van der Waals surface area contributed by atoms with Gasteiger partial charge in [-0.25, -0.2) is 0 Å². The van der Waals surface area contributed by atoms with Gasteiger partial charge in [0.15, 0.2) is 0 Å². The molecule has 0 saturated heterocycles. The van der Waals surface area contributed by atoms with E-state index < -0.39 is 5.60 Å². The highest BCUT2D eigenvalue weighted by Gasteiger charge is 2.33. The fourth-order valence-electron chi connectivity index (χ4n) is 3.56. The molecule has 2 fully saturated rings. The SMILES string of the molecule is CSC1(CNCC2(O)CCCCC2)CCCCC1. The Kier molecular flexibility index (Phi) is 5.40. The highest BCUT2D eigenvalue weighted by molar-refractivity contribution is 8.00. The summed E-state index contributed by atoms with van der Waals surface area (Å²) in [5.41, 5.74) is -0.410. The van der Waals surface area contributed by atoms with Gasteiger partial charge in [0.25, 0.3) is 0 Å². The molecule has 0 bridgehead atoms. The lowest BCUT2D eigenvalue weighted by molar-refractivity contribution is 0.00442. The number of hydrogen-bond acceptors (Lipinski definition) is 3. The highest BCUT2D eigenvalue weighted by atomic mass is 32.2. The van der Waals surface area contributed by atoms with Gasteiger partial charge in [0.05, 0.1) is 5.60 Å². The predicted octanol–water partition coefficient (Wildman–Crippen LogP) is 3.34. The van der Waals surface area contributed by atoms with E-state index in [1.807, 2.05) is 11.8 Å². The zero-order valence-electron chi connectivity index (χ0n) is 11.8. The first-order valence-corrected chi connectivity index (χ1v) is 8.89. The van der Waals surface area contributed by atoms with E-state index in [1.165, 1.54) is 51.4 Å². The van der Waals surface area contributed by atoms with E-state index in [1.54, 1.807) is 0 Å². The average molecular weight is 271 g/mol. The van der Waals surface area contributed by atoms with E-state index in [4.69, 9.17) is 0 Å². The van der Waals surface area contributed by atoms with Gasteiger partial charge in [-0.1, -0.05) is 38.5 Å². The van der Waals surface area contributed by atoms with Gasteiger partial charge in [-0.2, -0.15) is 11.8 Å². The van der Waals surface area contributed by atoms with Crippen LogP contribution in [0.1, 0.15) is 64.2 Å². The smallest absolute Gasteiger partial charge is 0.0771 e. The molecule has 0 amide bonds. The molecular formula is C15H29NOS. The Hall–Kier alpha value is 0.270. The van der Waals surface area contributed by atoms with E-state index in [-0.39, 0.29) is 0 Å². The monoisotopic (exact) mass is 271 g/mol. The minimum absolute atomic E-state index is 0.410. The third-order valence-corrected chi connectivity index (χ3v) is 6.30. The van der Waals surface area contributed by atoms with Crippen LogP contribution in [0.5, 0.6) is 0 Å². The Balaban J connectivity index is 1.75. The maximum absolute atomic E-state index is 10.5. The lowest BCUT2D eigenvalue weighted by atomic mass is 9.84. The van der Waals surface area contributed by atoms with Crippen molar-refractivity contribution in [2.75, 3.05) is 19.3 Å². The van der Waals surface area contributed by atoms with Crippen LogP contribution < -0.4 is 5.32 Å². The van der Waals surface area contributed by atoms with E-state index in [9.17, 15) is 5.11 Å². The normalized spacial score (nSPS) is 27.0. The molecule has 3 heteroatoms. The minimum atomic E-state index is -0.410. The summed E-state index contributed by atoms with van der Waals surface area (Å²) in [6.45, 7) is 1.88. The van der Waals surface area contributed by atoms with Crippen LogP contribution in [-0.4, -0.2) is 34.8 Å². The summed E-state index contributed by atoms with van der Waals surface area (Å²) < 4.78 is 0.448. The third-order valence-electron chi connectivity index (χ3n) is 4.88. The number of nitrogens with one attached hydrogen (secondary N) is 1. The second-order valence-electron chi connectivity index (χ2n) is 6.34. The maximum atomic E-state index is 10.5. The predicted molar refractivity (Wildman–Crippen MR) is 80.2 cm³/mol. The summed E-state index contributed by atoms with van der Waals surface area (Å²) in [6, 6.07) is 0. The van der Waals surface area contributed by atoms with Crippen molar-refractivity contribution >= 4 is 11.8 Å². The first kappa shape index (κ1) is 14.7. The van der Waals surface area contributed by atoms with Crippen molar-refractivity contribution in [3.63, 3.8) is 0 Å². The van der Waals surface area contributed by atoms with Crippen LogP contribution in [0.3, 0.4) is 0 Å². The summed E-state index contributed by atoms with van der Waals surface area (Å²) in [7, 11) is 0. The largest absolute Gasteiger partial charge is 0.389 e. The fourth-order valence-corrected chi connectivity index (χ4v) is 4.50. The first-order chi connectivity index (χ1) is 8.68. The molecule has 2 saturated carbocycles. The van der Waals surface area contributed by atoms with Crippen LogP contribution in [0.4, 0.5) is 0 Å². The minimum Gasteiger partial charge on any atom is -0.389 e. The standard InChI is InChI=1S/C15H29NOS/c1-18-15(10-6-3-7-11-15)13-16-12-14(17)8-4-2-5-9-14/h16-17H,2-13H2,1H3. The van der Waals surface area contributed by atoms with Crippen molar-refractivity contribution in [3.8, 4) is 0 Å². The van der Waals surface area contributed by atoms with Gasteiger partial charge < -0.3 is 10.4 Å². The molecule has 0 aliphatic heterocycles. The van der Waals surface area contributed by atoms with Gasteiger partial charge in [0.2, 0.25) is 0 Å². The molecule has 0 aromatic rings. The van der Waals surface area contributed by atoms with Crippen molar-refractivity contribution in [2.24, 2.45) is 0 Å². The van der Waals surface area contributed by atoms with Crippen LogP contribution in [0.2, 0.25) is 0 Å². The number of thioether (sulfide) groups is 1. The Bertz CT molecular complexity index is 245. The zero-order chi connectivity index (χ0) is 12.9. The summed E-state index contributed by atoms with van der Waals surface area (Å²) in [6.07, 6.45) is 14.8. The Morgan fingerprint density at radius 3 is 2.00 bits per heavy atom. The van der Waals surface area contributed by atoms with Gasteiger partial charge >= 0.3 is 0 Å². The Morgan fingerprint density at radius 1 is 0.889 bits per heavy atom. The number of rotatable bonds is 5. The van der Waals surface area contributed by atoms with Crippen LogP contribution in [-0.2, 0) is 0 Å². The molecule has 0 unspecified atom stereocenters. The second-order valence-corrected chi connectivity index (χ2v) is 7.61. The Morgan fingerprint density at radius 2 is 1.44 bits per heavy atom. The van der Waals surface area contributed by atoms with E-state index >= 15 is 0 Å². The molecule has 18 heavy (non-hydrogen) atoms. The summed E-state index contributed by atoms with van der Waals surface area (Å²) in [4.78, 5) is 0. The molecule has 0 atom stereocenters. The average Bonchev–Trinajstić information content (AvgIpc) is 2.40. The highest BCUT2D eigenvalue weighted by Crippen LogP contribution is 2.38. The van der Waals surface area contributed by atoms with Crippen molar-refractivity contribution in [1.29, 1.82) is 0 Å². The van der Waals surface area contributed by atoms with Gasteiger partial charge in [0, 0.05) is 17.8 Å². The molecule has 2 N–H and O–H groups in total. The van der Waals surface area contributed by atoms with Crippen LogP contribution in [0.15, 0.2) is 0 Å². The third kappa shape index (κ3) is 3.88. The molecule has 2 aliphatic rings. The molecule has 0 heterocycles.